The van der Waals surface area contributed by atoms with Crippen molar-refractivity contribution in [1.82, 2.24) is 15.3 Å². The van der Waals surface area contributed by atoms with Crippen LogP contribution >= 0.6 is 0 Å². The second kappa shape index (κ2) is 6.69. The molecular formula is C19H28N4O. The molecule has 0 unspecified atom stereocenters. The Morgan fingerprint density at radius 2 is 1.92 bits per heavy atom. The first-order valence-electron chi connectivity index (χ1n) is 9.60. The van der Waals surface area contributed by atoms with Gasteiger partial charge in [-0.25, -0.2) is 9.97 Å². The van der Waals surface area contributed by atoms with Crippen molar-refractivity contribution in [2.45, 2.75) is 70.8 Å². The number of carbonyl (C=O) groups excluding carboxylic acids is 1. The van der Waals surface area contributed by atoms with Crippen LogP contribution in [0.2, 0.25) is 0 Å². The standard InChI is InChI=1S/C19H28N4O/c1-13-20-17-7-3-6-16(17)19(21-13)23-10-8-14(9-11-23)12-18(24)22-15-4-2-5-15/h14-15H,2-12H2,1H3,(H,22,24). The van der Waals surface area contributed by atoms with Gasteiger partial charge in [-0.15, -0.1) is 0 Å². The largest absolute Gasteiger partial charge is 0.356 e. The van der Waals surface area contributed by atoms with E-state index in [0.29, 0.717) is 18.4 Å². The lowest BCUT2D eigenvalue weighted by atomic mass is 9.90. The molecule has 1 N–H and O–H groups in total. The van der Waals surface area contributed by atoms with E-state index in [4.69, 9.17) is 4.98 Å². The summed E-state index contributed by atoms with van der Waals surface area (Å²) in [5.74, 6) is 2.86. The molecular weight excluding hydrogens is 300 g/mol. The maximum Gasteiger partial charge on any atom is 0.220 e. The molecule has 2 aliphatic carbocycles. The van der Waals surface area contributed by atoms with Gasteiger partial charge >= 0.3 is 0 Å². The zero-order valence-electron chi connectivity index (χ0n) is 14.7. The number of nitrogens with zero attached hydrogens (tertiary/aromatic N) is 3. The highest BCUT2D eigenvalue weighted by Crippen LogP contribution is 2.32. The van der Waals surface area contributed by atoms with Crippen LogP contribution in [0.3, 0.4) is 0 Å². The van der Waals surface area contributed by atoms with Gasteiger partial charge in [-0.2, -0.15) is 0 Å². The van der Waals surface area contributed by atoms with E-state index in [2.05, 4.69) is 15.2 Å². The minimum atomic E-state index is 0.261. The van der Waals surface area contributed by atoms with Gasteiger partial charge < -0.3 is 10.2 Å². The number of anilines is 1. The Morgan fingerprint density at radius 1 is 1.12 bits per heavy atom. The normalized spacial score (nSPS) is 21.5. The molecule has 130 valence electrons. The zero-order valence-corrected chi connectivity index (χ0v) is 14.7. The number of rotatable bonds is 4. The first kappa shape index (κ1) is 15.9. The van der Waals surface area contributed by atoms with Crippen LogP contribution in [-0.4, -0.2) is 35.0 Å². The van der Waals surface area contributed by atoms with E-state index in [1.54, 1.807) is 0 Å². The van der Waals surface area contributed by atoms with Gasteiger partial charge in [0.05, 0.1) is 0 Å². The highest BCUT2D eigenvalue weighted by molar-refractivity contribution is 5.76. The molecule has 3 aliphatic rings. The summed E-state index contributed by atoms with van der Waals surface area (Å²) in [7, 11) is 0. The van der Waals surface area contributed by atoms with Crippen molar-refractivity contribution >= 4 is 11.7 Å². The fraction of sp³-hybridized carbons (Fsp3) is 0.737. The van der Waals surface area contributed by atoms with E-state index >= 15 is 0 Å². The van der Waals surface area contributed by atoms with Gasteiger partial charge in [-0.1, -0.05) is 0 Å². The van der Waals surface area contributed by atoms with Crippen LogP contribution in [0.4, 0.5) is 5.82 Å². The highest BCUT2D eigenvalue weighted by Gasteiger charge is 2.27. The third-order valence-electron chi connectivity index (χ3n) is 5.88. The number of fused-ring (bicyclic) bond motifs is 1. The Bertz CT molecular complexity index is 618. The van der Waals surface area contributed by atoms with Crippen LogP contribution in [0.15, 0.2) is 0 Å². The molecule has 0 atom stereocenters. The lowest BCUT2D eigenvalue weighted by Gasteiger charge is -2.34. The fourth-order valence-corrected chi connectivity index (χ4v) is 4.24. The Morgan fingerprint density at radius 3 is 2.62 bits per heavy atom. The van der Waals surface area contributed by atoms with E-state index in [1.807, 2.05) is 6.92 Å². The van der Waals surface area contributed by atoms with E-state index in [-0.39, 0.29) is 5.91 Å². The van der Waals surface area contributed by atoms with Crippen molar-refractivity contribution in [1.29, 1.82) is 0 Å². The van der Waals surface area contributed by atoms with Crippen LogP contribution in [0, 0.1) is 12.8 Å². The Balaban J connectivity index is 1.34. The predicted molar refractivity (Wildman–Crippen MR) is 94.1 cm³/mol. The van der Waals surface area contributed by atoms with Gasteiger partial charge in [0.1, 0.15) is 11.6 Å². The number of carbonyl (C=O) groups is 1. The molecule has 0 radical (unpaired) electrons. The molecule has 1 aliphatic heterocycles. The SMILES string of the molecule is Cc1nc2c(c(N3CCC(CC(=O)NC4CCC4)CC3)n1)CCC2. The topological polar surface area (TPSA) is 58.1 Å². The van der Waals surface area contributed by atoms with Gasteiger partial charge in [0, 0.05) is 36.8 Å². The van der Waals surface area contributed by atoms with Gasteiger partial charge in [-0.05, 0) is 64.2 Å². The highest BCUT2D eigenvalue weighted by atomic mass is 16.1. The second-order valence-corrected chi connectivity index (χ2v) is 7.70. The Kier molecular flexibility index (Phi) is 4.42. The number of aromatic nitrogens is 2. The summed E-state index contributed by atoms with van der Waals surface area (Å²) in [4.78, 5) is 23.9. The van der Waals surface area contributed by atoms with Crippen molar-refractivity contribution in [3.05, 3.63) is 17.1 Å². The van der Waals surface area contributed by atoms with Gasteiger partial charge in [-0.3, -0.25) is 4.79 Å². The average Bonchev–Trinajstić information content (AvgIpc) is 2.99. The number of hydrogen-bond donors (Lipinski definition) is 1. The summed E-state index contributed by atoms with van der Waals surface area (Å²) >= 11 is 0. The molecule has 1 saturated heterocycles. The third-order valence-corrected chi connectivity index (χ3v) is 5.88. The zero-order chi connectivity index (χ0) is 16.5. The third kappa shape index (κ3) is 3.26. The lowest BCUT2D eigenvalue weighted by Crippen LogP contribution is -2.41. The number of aryl methyl sites for hydroxylation is 2. The molecule has 5 nitrogen and oxygen atoms in total. The second-order valence-electron chi connectivity index (χ2n) is 7.70. The summed E-state index contributed by atoms with van der Waals surface area (Å²) in [6, 6.07) is 0.462. The maximum atomic E-state index is 12.1. The molecule has 1 amide bonds. The van der Waals surface area contributed by atoms with Crippen molar-refractivity contribution in [2.75, 3.05) is 18.0 Å². The van der Waals surface area contributed by atoms with Crippen molar-refractivity contribution in [2.24, 2.45) is 5.92 Å². The molecule has 2 heterocycles. The summed E-state index contributed by atoms with van der Waals surface area (Å²) in [5.41, 5.74) is 2.64. The first-order chi connectivity index (χ1) is 11.7. The summed E-state index contributed by atoms with van der Waals surface area (Å²) in [6.07, 6.45) is 9.92. The number of amides is 1. The van der Waals surface area contributed by atoms with Crippen LogP contribution in [0.5, 0.6) is 0 Å². The fourth-order valence-electron chi connectivity index (χ4n) is 4.24. The van der Waals surface area contributed by atoms with E-state index < -0.39 is 0 Å². The molecule has 24 heavy (non-hydrogen) atoms. The van der Waals surface area contributed by atoms with Gasteiger partial charge in [0.15, 0.2) is 0 Å². The average molecular weight is 328 g/mol. The van der Waals surface area contributed by atoms with Crippen LogP contribution < -0.4 is 10.2 Å². The van der Waals surface area contributed by atoms with Crippen molar-refractivity contribution < 1.29 is 4.79 Å². The number of hydrogen-bond acceptors (Lipinski definition) is 4. The minimum Gasteiger partial charge on any atom is -0.356 e. The minimum absolute atomic E-state index is 0.261. The Labute approximate surface area is 144 Å². The quantitative estimate of drug-likeness (QED) is 0.923. The molecule has 1 saturated carbocycles. The molecule has 0 spiro atoms. The molecule has 0 bridgehead atoms. The van der Waals surface area contributed by atoms with E-state index in [0.717, 1.165) is 44.6 Å². The number of piperidine rings is 1. The maximum absolute atomic E-state index is 12.1. The summed E-state index contributed by atoms with van der Waals surface area (Å²) in [5, 5.41) is 3.17. The van der Waals surface area contributed by atoms with Crippen LogP contribution in [0.1, 0.15) is 62.0 Å². The predicted octanol–water partition coefficient (Wildman–Crippen LogP) is 2.55. The monoisotopic (exact) mass is 328 g/mol. The van der Waals surface area contributed by atoms with Crippen molar-refractivity contribution in [3.8, 4) is 0 Å². The number of nitrogens with one attached hydrogen (secondary N) is 1. The smallest absolute Gasteiger partial charge is 0.220 e. The van der Waals surface area contributed by atoms with E-state index in [1.165, 1.54) is 42.8 Å². The van der Waals surface area contributed by atoms with Gasteiger partial charge in [0.2, 0.25) is 5.91 Å². The van der Waals surface area contributed by atoms with Crippen LogP contribution in [0.25, 0.3) is 0 Å². The first-order valence-corrected chi connectivity index (χ1v) is 9.60. The van der Waals surface area contributed by atoms with Crippen molar-refractivity contribution in [3.63, 3.8) is 0 Å². The Hall–Kier alpha value is -1.65. The van der Waals surface area contributed by atoms with Gasteiger partial charge in [0.25, 0.3) is 0 Å². The summed E-state index contributed by atoms with van der Waals surface area (Å²) in [6.45, 7) is 4.04. The lowest BCUT2D eigenvalue weighted by molar-refractivity contribution is -0.123. The molecule has 1 aromatic rings. The van der Waals surface area contributed by atoms with E-state index in [9.17, 15) is 4.79 Å². The van der Waals surface area contributed by atoms with Crippen LogP contribution in [-0.2, 0) is 17.6 Å². The molecule has 0 aromatic carbocycles. The molecule has 4 rings (SSSR count). The molecule has 5 heteroatoms. The summed E-state index contributed by atoms with van der Waals surface area (Å²) < 4.78 is 0. The molecule has 1 aromatic heterocycles. The molecule has 2 fully saturated rings.